The molecule has 2 aromatic rings. The Kier molecular flexibility index (Phi) is 3.40. The van der Waals surface area contributed by atoms with Crippen LogP contribution in [-0.2, 0) is 11.3 Å². The Hall–Kier alpha value is -2.30. The van der Waals surface area contributed by atoms with Gasteiger partial charge in [-0.15, -0.1) is 0 Å². The number of methoxy groups -OCH3 is 1. The molecule has 0 atom stereocenters. The summed E-state index contributed by atoms with van der Waals surface area (Å²) >= 11 is 0. The number of benzene rings is 1. The zero-order valence-corrected chi connectivity index (χ0v) is 9.46. The van der Waals surface area contributed by atoms with Crippen LogP contribution in [-0.4, -0.2) is 22.6 Å². The smallest absolute Gasteiger partial charge is 0.244 e. The maximum atomic E-state index is 11.7. The molecular formula is C12H13N3O2. The van der Waals surface area contributed by atoms with Crippen molar-refractivity contribution < 1.29 is 9.53 Å². The molecule has 0 aliphatic carbocycles. The lowest BCUT2D eigenvalue weighted by molar-refractivity contribution is -0.116. The van der Waals surface area contributed by atoms with E-state index < -0.39 is 0 Å². The number of para-hydroxylation sites is 2. The van der Waals surface area contributed by atoms with Crippen LogP contribution in [0.4, 0.5) is 5.69 Å². The highest BCUT2D eigenvalue weighted by Crippen LogP contribution is 2.22. The molecule has 0 saturated carbocycles. The summed E-state index contributed by atoms with van der Waals surface area (Å²) < 4.78 is 6.85. The molecule has 0 aliphatic heterocycles. The van der Waals surface area contributed by atoms with Gasteiger partial charge in [-0.05, 0) is 12.1 Å². The van der Waals surface area contributed by atoms with Gasteiger partial charge in [0, 0.05) is 12.4 Å². The standard InChI is InChI=1S/C12H13N3O2/c1-17-11-5-3-2-4-10(11)14-12(16)8-15-7-6-13-9-15/h2-7,9H,8H2,1H3,(H,14,16). The molecule has 0 saturated heterocycles. The Labute approximate surface area is 99.0 Å². The van der Waals surface area contributed by atoms with E-state index in [2.05, 4.69) is 10.3 Å². The van der Waals surface area contributed by atoms with E-state index in [0.717, 1.165) is 0 Å². The predicted octanol–water partition coefficient (Wildman–Crippen LogP) is 1.53. The van der Waals surface area contributed by atoms with Crippen LogP contribution in [0, 0.1) is 0 Å². The minimum Gasteiger partial charge on any atom is -0.495 e. The average Bonchev–Trinajstić information content (AvgIpc) is 2.82. The molecule has 0 radical (unpaired) electrons. The molecule has 1 aromatic carbocycles. The van der Waals surface area contributed by atoms with Crippen molar-refractivity contribution in [2.45, 2.75) is 6.54 Å². The van der Waals surface area contributed by atoms with E-state index in [4.69, 9.17) is 4.74 Å². The first kappa shape index (κ1) is 11.2. The predicted molar refractivity (Wildman–Crippen MR) is 63.9 cm³/mol. The summed E-state index contributed by atoms with van der Waals surface area (Å²) in [6.07, 6.45) is 4.97. The topological polar surface area (TPSA) is 56.1 Å². The number of rotatable bonds is 4. The van der Waals surface area contributed by atoms with Crippen molar-refractivity contribution in [2.24, 2.45) is 0 Å². The highest BCUT2D eigenvalue weighted by Gasteiger charge is 2.06. The number of imidazole rings is 1. The fourth-order valence-corrected chi connectivity index (χ4v) is 1.48. The maximum Gasteiger partial charge on any atom is 0.244 e. The normalized spacial score (nSPS) is 9.94. The third-order valence-corrected chi connectivity index (χ3v) is 2.27. The van der Waals surface area contributed by atoms with Crippen LogP contribution in [0.25, 0.3) is 0 Å². The molecule has 17 heavy (non-hydrogen) atoms. The van der Waals surface area contributed by atoms with Gasteiger partial charge in [-0.1, -0.05) is 12.1 Å². The molecule has 0 bridgehead atoms. The van der Waals surface area contributed by atoms with Crippen LogP contribution in [0.15, 0.2) is 43.0 Å². The molecule has 88 valence electrons. The first-order chi connectivity index (χ1) is 8.29. The second-order valence-electron chi connectivity index (χ2n) is 3.48. The van der Waals surface area contributed by atoms with Gasteiger partial charge in [-0.25, -0.2) is 4.98 Å². The van der Waals surface area contributed by atoms with Crippen molar-refractivity contribution in [3.8, 4) is 5.75 Å². The molecule has 2 rings (SSSR count). The Balaban J connectivity index is 2.03. The summed E-state index contributed by atoms with van der Waals surface area (Å²) in [7, 11) is 1.57. The molecule has 5 nitrogen and oxygen atoms in total. The summed E-state index contributed by atoms with van der Waals surface area (Å²) in [5, 5.41) is 2.79. The summed E-state index contributed by atoms with van der Waals surface area (Å²) in [6.45, 7) is 0.234. The number of carbonyl (C=O) groups excluding carboxylic acids is 1. The fourth-order valence-electron chi connectivity index (χ4n) is 1.48. The van der Waals surface area contributed by atoms with Crippen LogP contribution in [0.3, 0.4) is 0 Å². The van der Waals surface area contributed by atoms with Gasteiger partial charge < -0.3 is 14.6 Å². The highest BCUT2D eigenvalue weighted by atomic mass is 16.5. The molecule has 0 spiro atoms. The second kappa shape index (κ2) is 5.16. The molecule has 0 aliphatic rings. The molecule has 0 unspecified atom stereocenters. The van der Waals surface area contributed by atoms with Crippen molar-refractivity contribution in [2.75, 3.05) is 12.4 Å². The van der Waals surface area contributed by atoms with Gasteiger partial charge in [0.15, 0.2) is 0 Å². The van der Waals surface area contributed by atoms with E-state index in [0.29, 0.717) is 11.4 Å². The lowest BCUT2D eigenvalue weighted by Crippen LogP contribution is -2.18. The van der Waals surface area contributed by atoms with Crippen LogP contribution in [0.2, 0.25) is 0 Å². The Morgan fingerprint density at radius 2 is 2.29 bits per heavy atom. The number of carbonyl (C=O) groups is 1. The van der Waals surface area contributed by atoms with Gasteiger partial charge in [-0.2, -0.15) is 0 Å². The minimum atomic E-state index is -0.118. The zero-order valence-electron chi connectivity index (χ0n) is 9.46. The number of anilines is 1. The molecule has 1 aromatic heterocycles. The summed E-state index contributed by atoms with van der Waals surface area (Å²) in [6, 6.07) is 7.29. The molecule has 1 heterocycles. The van der Waals surface area contributed by atoms with Crippen molar-refractivity contribution in [3.63, 3.8) is 0 Å². The van der Waals surface area contributed by atoms with Gasteiger partial charge >= 0.3 is 0 Å². The number of aromatic nitrogens is 2. The van der Waals surface area contributed by atoms with Gasteiger partial charge in [-0.3, -0.25) is 4.79 Å². The van der Waals surface area contributed by atoms with E-state index in [-0.39, 0.29) is 12.5 Å². The molecule has 1 N–H and O–H groups in total. The van der Waals surface area contributed by atoms with E-state index in [1.165, 1.54) is 0 Å². The van der Waals surface area contributed by atoms with Gasteiger partial charge in [0.05, 0.1) is 19.1 Å². The third kappa shape index (κ3) is 2.84. The van der Waals surface area contributed by atoms with E-state index >= 15 is 0 Å². The maximum absolute atomic E-state index is 11.7. The van der Waals surface area contributed by atoms with Crippen molar-refractivity contribution in [1.82, 2.24) is 9.55 Å². The van der Waals surface area contributed by atoms with Crippen LogP contribution >= 0.6 is 0 Å². The van der Waals surface area contributed by atoms with Crippen LogP contribution in [0.5, 0.6) is 5.75 Å². The third-order valence-electron chi connectivity index (χ3n) is 2.27. The zero-order chi connectivity index (χ0) is 12.1. The Morgan fingerprint density at radius 1 is 1.47 bits per heavy atom. The summed E-state index contributed by atoms with van der Waals surface area (Å²) in [5.41, 5.74) is 0.667. The molecule has 1 amide bonds. The number of ether oxygens (including phenoxy) is 1. The largest absolute Gasteiger partial charge is 0.495 e. The lowest BCUT2D eigenvalue weighted by Gasteiger charge is -2.09. The number of hydrogen-bond donors (Lipinski definition) is 1. The Bertz CT molecular complexity index is 494. The van der Waals surface area contributed by atoms with Gasteiger partial charge in [0.2, 0.25) is 5.91 Å². The SMILES string of the molecule is COc1ccccc1NC(=O)Cn1ccnc1. The highest BCUT2D eigenvalue weighted by molar-refractivity contribution is 5.92. The fraction of sp³-hybridized carbons (Fsp3) is 0.167. The van der Waals surface area contributed by atoms with Crippen LogP contribution < -0.4 is 10.1 Å². The lowest BCUT2D eigenvalue weighted by atomic mass is 10.3. The summed E-state index contributed by atoms with van der Waals surface area (Å²) in [5.74, 6) is 0.527. The minimum absolute atomic E-state index is 0.118. The number of nitrogens with zero attached hydrogens (tertiary/aromatic N) is 2. The number of hydrogen-bond acceptors (Lipinski definition) is 3. The van der Waals surface area contributed by atoms with Gasteiger partial charge in [0.25, 0.3) is 0 Å². The first-order valence-electron chi connectivity index (χ1n) is 5.18. The average molecular weight is 231 g/mol. The van der Waals surface area contributed by atoms with Crippen LogP contribution in [0.1, 0.15) is 0 Å². The van der Waals surface area contributed by atoms with E-state index in [9.17, 15) is 4.79 Å². The van der Waals surface area contributed by atoms with Crippen molar-refractivity contribution >= 4 is 11.6 Å². The molecule has 0 fully saturated rings. The molecular weight excluding hydrogens is 218 g/mol. The quantitative estimate of drug-likeness (QED) is 0.868. The van der Waals surface area contributed by atoms with Crippen molar-refractivity contribution in [1.29, 1.82) is 0 Å². The van der Waals surface area contributed by atoms with Crippen molar-refractivity contribution in [3.05, 3.63) is 43.0 Å². The van der Waals surface area contributed by atoms with Gasteiger partial charge in [0.1, 0.15) is 12.3 Å². The summed E-state index contributed by atoms with van der Waals surface area (Å²) in [4.78, 5) is 15.6. The first-order valence-corrected chi connectivity index (χ1v) is 5.18. The molecule has 5 heteroatoms. The Morgan fingerprint density at radius 3 is 3.00 bits per heavy atom. The number of amides is 1. The second-order valence-corrected chi connectivity index (χ2v) is 3.48. The van der Waals surface area contributed by atoms with E-state index in [1.54, 1.807) is 42.5 Å². The number of nitrogens with one attached hydrogen (secondary N) is 1. The van der Waals surface area contributed by atoms with E-state index in [1.807, 2.05) is 12.1 Å². The monoisotopic (exact) mass is 231 g/mol.